The Morgan fingerprint density at radius 2 is 2.20 bits per heavy atom. The topological polar surface area (TPSA) is 64.9 Å². The van der Waals surface area contributed by atoms with Crippen LogP contribution in [0.3, 0.4) is 0 Å². The fourth-order valence-electron chi connectivity index (χ4n) is 1.71. The summed E-state index contributed by atoms with van der Waals surface area (Å²) in [6.45, 7) is 2.04. The van der Waals surface area contributed by atoms with E-state index < -0.39 is 0 Å². The van der Waals surface area contributed by atoms with Gasteiger partial charge in [-0.3, -0.25) is 4.79 Å². The first-order valence-corrected chi connectivity index (χ1v) is 7.55. The van der Waals surface area contributed by atoms with Crippen LogP contribution in [0.5, 0.6) is 0 Å². The van der Waals surface area contributed by atoms with E-state index in [-0.39, 0.29) is 5.91 Å². The largest absolute Gasteiger partial charge is 0.379 e. The summed E-state index contributed by atoms with van der Waals surface area (Å²) in [5, 5.41) is 17.0. The van der Waals surface area contributed by atoms with Gasteiger partial charge in [0.25, 0.3) is 0 Å². The van der Waals surface area contributed by atoms with E-state index in [1.54, 1.807) is 17.4 Å². The Morgan fingerprint density at radius 3 is 2.90 bits per heavy atom. The van der Waals surface area contributed by atoms with E-state index in [4.69, 9.17) is 5.26 Å². The van der Waals surface area contributed by atoms with Crippen molar-refractivity contribution in [1.82, 2.24) is 0 Å². The Balaban J connectivity index is 2.13. The monoisotopic (exact) mass is 349 g/mol. The molecular weight excluding hydrogens is 338 g/mol. The summed E-state index contributed by atoms with van der Waals surface area (Å²) < 4.78 is 0.910. The van der Waals surface area contributed by atoms with Gasteiger partial charge >= 0.3 is 0 Å². The molecule has 2 aromatic rings. The van der Waals surface area contributed by atoms with Crippen molar-refractivity contribution in [3.05, 3.63) is 44.6 Å². The first-order chi connectivity index (χ1) is 9.60. The van der Waals surface area contributed by atoms with Crippen molar-refractivity contribution in [3.8, 4) is 6.07 Å². The van der Waals surface area contributed by atoms with Crippen molar-refractivity contribution in [2.45, 2.75) is 13.5 Å². The Hall–Kier alpha value is -1.84. The minimum absolute atomic E-state index is 0.0928. The van der Waals surface area contributed by atoms with E-state index in [9.17, 15) is 4.79 Å². The van der Waals surface area contributed by atoms with Crippen LogP contribution in [0.25, 0.3) is 0 Å². The highest BCUT2D eigenvalue weighted by atomic mass is 79.9. The number of halogens is 1. The maximum absolute atomic E-state index is 11.1. The first kappa shape index (κ1) is 14.6. The van der Waals surface area contributed by atoms with Crippen LogP contribution in [0.1, 0.15) is 17.4 Å². The summed E-state index contributed by atoms with van der Waals surface area (Å²) in [6, 6.07) is 9.48. The maximum Gasteiger partial charge on any atom is 0.221 e. The van der Waals surface area contributed by atoms with Gasteiger partial charge in [0, 0.05) is 16.3 Å². The van der Waals surface area contributed by atoms with Crippen molar-refractivity contribution in [3.63, 3.8) is 0 Å². The summed E-state index contributed by atoms with van der Waals surface area (Å²) in [6.07, 6.45) is 0. The van der Waals surface area contributed by atoms with E-state index in [0.29, 0.717) is 12.1 Å². The molecular formula is C14H12BrN3OS. The Bertz CT molecular complexity index is 675. The molecule has 1 amide bonds. The third kappa shape index (κ3) is 3.59. The lowest BCUT2D eigenvalue weighted by atomic mass is 10.2. The van der Waals surface area contributed by atoms with Crippen molar-refractivity contribution in [2.24, 2.45) is 0 Å². The molecule has 4 nitrogen and oxygen atoms in total. The summed E-state index contributed by atoms with van der Waals surface area (Å²) >= 11 is 4.94. The molecule has 0 unspecified atom stereocenters. The maximum atomic E-state index is 11.1. The van der Waals surface area contributed by atoms with Gasteiger partial charge in [-0.15, -0.1) is 11.3 Å². The molecule has 1 aromatic carbocycles. The van der Waals surface area contributed by atoms with Crippen LogP contribution >= 0.6 is 27.3 Å². The zero-order valence-electron chi connectivity index (χ0n) is 10.7. The van der Waals surface area contributed by atoms with E-state index in [2.05, 4.69) is 32.6 Å². The summed E-state index contributed by atoms with van der Waals surface area (Å²) in [5.41, 5.74) is 2.17. The number of benzene rings is 1. The van der Waals surface area contributed by atoms with Gasteiger partial charge in [0.1, 0.15) is 6.07 Å². The predicted octanol–water partition coefficient (Wildman–Crippen LogP) is 3.95. The average Bonchev–Trinajstić information content (AvgIpc) is 2.83. The summed E-state index contributed by atoms with van der Waals surface area (Å²) in [4.78, 5) is 12.1. The molecule has 2 rings (SSSR count). The van der Waals surface area contributed by atoms with E-state index in [0.717, 1.165) is 20.7 Å². The van der Waals surface area contributed by atoms with E-state index >= 15 is 0 Å². The normalized spacial score (nSPS) is 9.85. The Kier molecular flexibility index (Phi) is 4.77. The molecule has 2 N–H and O–H groups in total. The van der Waals surface area contributed by atoms with Gasteiger partial charge in [-0.25, -0.2) is 0 Å². The number of carbonyl (C=O) groups excluding carboxylic acids is 1. The molecule has 20 heavy (non-hydrogen) atoms. The van der Waals surface area contributed by atoms with E-state index in [1.807, 2.05) is 23.6 Å². The van der Waals surface area contributed by atoms with Crippen LogP contribution in [-0.2, 0) is 11.3 Å². The number of amides is 1. The van der Waals surface area contributed by atoms with Gasteiger partial charge in [0.15, 0.2) is 0 Å². The molecule has 0 bridgehead atoms. The highest BCUT2D eigenvalue weighted by Gasteiger charge is 2.07. The average molecular weight is 350 g/mol. The van der Waals surface area contributed by atoms with Gasteiger partial charge in [0.2, 0.25) is 5.91 Å². The number of carbonyl (C=O) groups is 1. The van der Waals surface area contributed by atoms with Crippen molar-refractivity contribution >= 4 is 44.5 Å². The zero-order valence-corrected chi connectivity index (χ0v) is 13.1. The zero-order chi connectivity index (χ0) is 14.5. The molecule has 102 valence electrons. The molecule has 0 aliphatic heterocycles. The molecule has 0 atom stereocenters. The quantitative estimate of drug-likeness (QED) is 0.877. The molecule has 0 spiro atoms. The minimum Gasteiger partial charge on any atom is -0.379 e. The van der Waals surface area contributed by atoms with Crippen LogP contribution in [0.15, 0.2) is 34.1 Å². The minimum atomic E-state index is -0.0928. The molecule has 0 radical (unpaired) electrons. The second-order valence-electron chi connectivity index (χ2n) is 4.09. The van der Waals surface area contributed by atoms with Crippen LogP contribution in [0, 0.1) is 11.3 Å². The van der Waals surface area contributed by atoms with Gasteiger partial charge in [-0.2, -0.15) is 5.26 Å². The number of anilines is 2. The molecule has 6 heteroatoms. The molecule has 0 saturated carbocycles. The van der Waals surface area contributed by atoms with Gasteiger partial charge in [0.05, 0.1) is 23.5 Å². The fourth-order valence-corrected chi connectivity index (χ4v) is 2.85. The summed E-state index contributed by atoms with van der Waals surface area (Å²) in [5.74, 6) is -0.0928. The number of nitriles is 1. The highest BCUT2D eigenvalue weighted by molar-refractivity contribution is 9.10. The number of hydrogen-bond donors (Lipinski definition) is 2. The lowest BCUT2D eigenvalue weighted by Gasteiger charge is -2.09. The lowest BCUT2D eigenvalue weighted by Crippen LogP contribution is -2.08. The molecule has 1 heterocycles. The van der Waals surface area contributed by atoms with Crippen molar-refractivity contribution in [2.75, 3.05) is 10.6 Å². The molecule has 0 aliphatic carbocycles. The third-order valence-electron chi connectivity index (χ3n) is 2.60. The lowest BCUT2D eigenvalue weighted by molar-refractivity contribution is -0.114. The van der Waals surface area contributed by atoms with Gasteiger partial charge < -0.3 is 10.6 Å². The van der Waals surface area contributed by atoms with Crippen LogP contribution in [0.2, 0.25) is 0 Å². The predicted molar refractivity (Wildman–Crippen MR) is 84.8 cm³/mol. The van der Waals surface area contributed by atoms with Gasteiger partial charge in [-0.1, -0.05) is 15.9 Å². The smallest absolute Gasteiger partial charge is 0.221 e. The van der Waals surface area contributed by atoms with Crippen LogP contribution < -0.4 is 10.6 Å². The van der Waals surface area contributed by atoms with Crippen LogP contribution in [-0.4, -0.2) is 5.91 Å². The highest BCUT2D eigenvalue weighted by Crippen LogP contribution is 2.26. The fraction of sp³-hybridized carbons (Fsp3) is 0.143. The number of nitrogens with one attached hydrogen (secondary N) is 2. The molecule has 0 saturated heterocycles. The van der Waals surface area contributed by atoms with Crippen LogP contribution in [0.4, 0.5) is 11.4 Å². The Labute approximate surface area is 129 Å². The number of thiophene rings is 1. The summed E-state index contributed by atoms with van der Waals surface area (Å²) in [7, 11) is 0. The van der Waals surface area contributed by atoms with Crippen molar-refractivity contribution < 1.29 is 4.79 Å². The number of nitrogens with zero attached hydrogens (tertiary/aromatic N) is 1. The van der Waals surface area contributed by atoms with Gasteiger partial charge in [-0.05, 0) is 29.6 Å². The second kappa shape index (κ2) is 6.55. The standard InChI is InChI=1S/C14H12BrN3OS/c1-9(19)18-12-4-5-20-14(12)8-17-13-6-11(15)3-2-10(13)7-16/h2-6,17H,8H2,1H3,(H,18,19). The first-order valence-electron chi connectivity index (χ1n) is 5.87. The third-order valence-corrected chi connectivity index (χ3v) is 4.01. The SMILES string of the molecule is CC(=O)Nc1ccsc1CNc1cc(Br)ccc1C#N. The number of rotatable bonds is 4. The molecule has 1 aromatic heterocycles. The molecule has 0 fully saturated rings. The Morgan fingerprint density at radius 1 is 1.40 bits per heavy atom. The second-order valence-corrected chi connectivity index (χ2v) is 6.01. The number of hydrogen-bond acceptors (Lipinski definition) is 4. The molecule has 0 aliphatic rings. The van der Waals surface area contributed by atoms with Crippen molar-refractivity contribution in [1.29, 1.82) is 5.26 Å². The van der Waals surface area contributed by atoms with E-state index in [1.165, 1.54) is 6.92 Å².